The first-order valence-electron chi connectivity index (χ1n) is 5.78. The number of methoxy groups -OCH3 is 1. The van der Waals surface area contributed by atoms with Crippen LogP contribution < -0.4 is 15.8 Å². The lowest BCUT2D eigenvalue weighted by Gasteiger charge is -2.15. The van der Waals surface area contributed by atoms with E-state index in [-0.39, 0.29) is 5.82 Å². The van der Waals surface area contributed by atoms with E-state index in [0.717, 1.165) is 5.56 Å². The van der Waals surface area contributed by atoms with Crippen molar-refractivity contribution in [1.82, 2.24) is 0 Å². The minimum Gasteiger partial charge on any atom is -0.495 e. The van der Waals surface area contributed by atoms with Crippen molar-refractivity contribution in [3.63, 3.8) is 0 Å². The minimum atomic E-state index is -0.327. The number of hydrogen-bond acceptors (Lipinski definition) is 3. The summed E-state index contributed by atoms with van der Waals surface area (Å²) < 4.78 is 19.4. The molecule has 0 bridgehead atoms. The predicted molar refractivity (Wildman–Crippen MR) is 89.6 cm³/mol. The largest absolute Gasteiger partial charge is 0.495 e. The van der Waals surface area contributed by atoms with Crippen molar-refractivity contribution in [2.24, 2.45) is 0 Å². The van der Waals surface area contributed by atoms with Gasteiger partial charge in [0.2, 0.25) is 0 Å². The summed E-state index contributed by atoms with van der Waals surface area (Å²) >= 11 is 7.95. The number of benzene rings is 2. The van der Waals surface area contributed by atoms with Crippen molar-refractivity contribution in [1.29, 1.82) is 0 Å². The van der Waals surface area contributed by atoms with Gasteiger partial charge in [-0.15, -0.1) is 0 Å². The number of nitrogen functional groups attached to an aromatic ring is 1. The lowest BCUT2D eigenvalue weighted by atomic mass is 10.2. The lowest BCUT2D eigenvalue weighted by molar-refractivity contribution is 0.417. The summed E-state index contributed by atoms with van der Waals surface area (Å²) in [6, 6.07) is 6.48. The molecule has 0 aromatic heterocycles. The van der Waals surface area contributed by atoms with Crippen LogP contribution in [0.25, 0.3) is 0 Å². The third kappa shape index (κ3) is 3.09. The number of nitrogens with two attached hydrogens (primary N) is 1. The second-order valence-corrected chi connectivity index (χ2v) is 5.85. The fraction of sp³-hybridized carbons (Fsp3) is 0.143. The van der Waals surface area contributed by atoms with Gasteiger partial charge in [-0.25, -0.2) is 4.39 Å². The molecular weight excluding hydrogens is 394 g/mol. The Morgan fingerprint density at radius 2 is 1.95 bits per heavy atom. The van der Waals surface area contributed by atoms with Gasteiger partial charge in [-0.3, -0.25) is 0 Å². The predicted octanol–water partition coefficient (Wildman–Crippen LogP) is 4.73. The molecule has 20 heavy (non-hydrogen) atoms. The fourth-order valence-electron chi connectivity index (χ4n) is 1.75. The van der Waals surface area contributed by atoms with Gasteiger partial charge < -0.3 is 15.8 Å². The summed E-state index contributed by atoms with van der Waals surface area (Å²) in [6.07, 6.45) is 0. The van der Waals surface area contributed by atoms with E-state index < -0.39 is 0 Å². The number of rotatable bonds is 3. The molecule has 0 atom stereocenters. The second kappa shape index (κ2) is 6.05. The zero-order chi connectivity index (χ0) is 14.9. The summed E-state index contributed by atoms with van der Waals surface area (Å²) in [5.74, 6) is 0.242. The fourth-order valence-corrected chi connectivity index (χ4v) is 2.39. The summed E-state index contributed by atoms with van der Waals surface area (Å²) in [5, 5.41) is 3.68. The smallest absolute Gasteiger partial charge is 0.143 e. The van der Waals surface area contributed by atoms with E-state index in [9.17, 15) is 4.39 Å². The van der Waals surface area contributed by atoms with Crippen LogP contribution in [0.5, 0.6) is 5.75 Å². The maximum Gasteiger partial charge on any atom is 0.143 e. The van der Waals surface area contributed by atoms with Crippen LogP contribution in [0.15, 0.2) is 24.3 Å². The molecule has 0 amide bonds. The van der Waals surface area contributed by atoms with Crippen LogP contribution in [-0.2, 0) is 0 Å². The van der Waals surface area contributed by atoms with Crippen LogP contribution in [0.2, 0.25) is 5.02 Å². The Bertz CT molecular complexity index is 664. The zero-order valence-electron chi connectivity index (χ0n) is 10.9. The third-order valence-corrected chi connectivity index (χ3v) is 4.08. The van der Waals surface area contributed by atoms with Gasteiger partial charge in [0.05, 0.1) is 27.7 Å². The quantitative estimate of drug-likeness (QED) is 0.572. The molecule has 0 heterocycles. The maximum absolute atomic E-state index is 13.6. The molecule has 0 aliphatic heterocycles. The highest BCUT2D eigenvalue weighted by Crippen LogP contribution is 2.35. The summed E-state index contributed by atoms with van der Waals surface area (Å²) in [5.41, 5.74) is 8.42. The molecule has 0 spiro atoms. The molecule has 0 fully saturated rings. The normalized spacial score (nSPS) is 10.4. The maximum atomic E-state index is 13.6. The van der Waals surface area contributed by atoms with Gasteiger partial charge in [0.15, 0.2) is 0 Å². The van der Waals surface area contributed by atoms with Crippen molar-refractivity contribution in [3.8, 4) is 5.75 Å². The van der Waals surface area contributed by atoms with Gasteiger partial charge in [0.1, 0.15) is 11.6 Å². The van der Waals surface area contributed by atoms with Crippen molar-refractivity contribution in [3.05, 3.63) is 44.2 Å². The molecule has 0 aliphatic carbocycles. The average molecular weight is 407 g/mol. The molecule has 2 rings (SSSR count). The number of aryl methyl sites for hydroxylation is 1. The Kier molecular flexibility index (Phi) is 4.59. The van der Waals surface area contributed by atoms with Crippen molar-refractivity contribution >= 4 is 51.3 Å². The molecule has 2 aromatic rings. The molecule has 0 unspecified atom stereocenters. The number of halogens is 3. The summed E-state index contributed by atoms with van der Waals surface area (Å²) in [7, 11) is 1.55. The van der Waals surface area contributed by atoms with E-state index >= 15 is 0 Å². The molecule has 0 saturated carbocycles. The molecule has 0 radical (unpaired) electrons. The molecule has 6 heteroatoms. The lowest BCUT2D eigenvalue weighted by Crippen LogP contribution is -2.01. The van der Waals surface area contributed by atoms with Gasteiger partial charge in [0.25, 0.3) is 0 Å². The molecule has 2 aromatic carbocycles. The summed E-state index contributed by atoms with van der Waals surface area (Å²) in [6.45, 7) is 1.88. The van der Waals surface area contributed by atoms with E-state index in [2.05, 4.69) is 5.32 Å². The highest BCUT2D eigenvalue weighted by atomic mass is 127. The number of anilines is 3. The SMILES string of the molecule is COc1cc(Cl)c(C)cc1Nc1cc(F)c(I)cc1N. The van der Waals surface area contributed by atoms with Crippen LogP contribution in [0, 0.1) is 16.3 Å². The van der Waals surface area contributed by atoms with Crippen LogP contribution in [-0.4, -0.2) is 7.11 Å². The first-order chi connectivity index (χ1) is 9.42. The molecular formula is C14H13ClFIN2O. The number of hydrogen-bond donors (Lipinski definition) is 2. The van der Waals surface area contributed by atoms with Gasteiger partial charge >= 0.3 is 0 Å². The standard InChI is InChI=1S/C14H13ClFIN2O/c1-7-3-13(14(20-2)4-8(7)15)19-12-5-9(16)10(17)6-11(12)18/h3-6,19H,18H2,1-2H3. The minimum absolute atomic E-state index is 0.327. The first kappa shape index (κ1) is 15.2. The Labute approximate surface area is 135 Å². The van der Waals surface area contributed by atoms with Gasteiger partial charge in [-0.05, 0) is 47.2 Å². The monoisotopic (exact) mass is 406 g/mol. The van der Waals surface area contributed by atoms with E-state index in [4.69, 9.17) is 22.1 Å². The van der Waals surface area contributed by atoms with E-state index in [1.165, 1.54) is 6.07 Å². The van der Waals surface area contributed by atoms with Gasteiger partial charge in [-0.2, -0.15) is 0 Å². The van der Waals surface area contributed by atoms with Gasteiger partial charge in [-0.1, -0.05) is 11.6 Å². The van der Waals surface area contributed by atoms with Gasteiger partial charge in [0, 0.05) is 17.2 Å². The average Bonchev–Trinajstić information content (AvgIpc) is 2.39. The first-order valence-corrected chi connectivity index (χ1v) is 7.23. The van der Waals surface area contributed by atoms with Crippen molar-refractivity contribution < 1.29 is 9.13 Å². The van der Waals surface area contributed by atoms with Crippen LogP contribution >= 0.6 is 34.2 Å². The Hall–Kier alpha value is -1.21. The zero-order valence-corrected chi connectivity index (χ0v) is 13.8. The Morgan fingerprint density at radius 3 is 2.60 bits per heavy atom. The number of nitrogens with one attached hydrogen (secondary N) is 1. The van der Waals surface area contributed by atoms with E-state index in [1.54, 1.807) is 19.2 Å². The topological polar surface area (TPSA) is 47.3 Å². The highest BCUT2D eigenvalue weighted by Gasteiger charge is 2.11. The highest BCUT2D eigenvalue weighted by molar-refractivity contribution is 14.1. The summed E-state index contributed by atoms with van der Waals surface area (Å²) in [4.78, 5) is 0. The second-order valence-electron chi connectivity index (χ2n) is 4.28. The van der Waals surface area contributed by atoms with E-state index in [1.807, 2.05) is 35.6 Å². The molecule has 0 saturated heterocycles. The third-order valence-electron chi connectivity index (χ3n) is 2.84. The Morgan fingerprint density at radius 1 is 1.25 bits per heavy atom. The van der Waals surface area contributed by atoms with Crippen LogP contribution in [0.3, 0.4) is 0 Å². The molecule has 3 N–H and O–H groups in total. The van der Waals surface area contributed by atoms with E-state index in [0.29, 0.717) is 31.4 Å². The van der Waals surface area contributed by atoms with Crippen LogP contribution in [0.1, 0.15) is 5.56 Å². The van der Waals surface area contributed by atoms with Crippen molar-refractivity contribution in [2.45, 2.75) is 6.92 Å². The molecule has 106 valence electrons. The Balaban J connectivity index is 2.44. The van der Waals surface area contributed by atoms with Crippen LogP contribution in [0.4, 0.5) is 21.5 Å². The molecule has 0 aliphatic rings. The number of ether oxygens (including phenoxy) is 1. The molecule has 3 nitrogen and oxygen atoms in total. The van der Waals surface area contributed by atoms with Crippen molar-refractivity contribution in [2.75, 3.05) is 18.2 Å².